The van der Waals surface area contributed by atoms with Crippen LogP contribution in [0.25, 0.3) is 0 Å². The van der Waals surface area contributed by atoms with Crippen LogP contribution in [0, 0.1) is 0 Å². The minimum atomic E-state index is -0.310. The molecule has 26 heavy (non-hydrogen) atoms. The number of ether oxygens (including phenoxy) is 2. The molecular formula is C22H24N2O2. The van der Waals surface area contributed by atoms with E-state index in [2.05, 4.69) is 48.6 Å². The highest BCUT2D eigenvalue weighted by molar-refractivity contribution is 6.04. The van der Waals surface area contributed by atoms with Crippen molar-refractivity contribution in [3.05, 3.63) is 53.1 Å². The van der Waals surface area contributed by atoms with Crippen LogP contribution in [-0.4, -0.2) is 25.6 Å². The van der Waals surface area contributed by atoms with Crippen LogP contribution in [-0.2, 0) is 11.8 Å². The van der Waals surface area contributed by atoms with Gasteiger partial charge in [0.15, 0.2) is 0 Å². The second-order valence-electron chi connectivity index (χ2n) is 7.36. The van der Waals surface area contributed by atoms with Crippen molar-refractivity contribution in [1.29, 1.82) is 0 Å². The summed E-state index contributed by atoms with van der Waals surface area (Å²) in [5, 5.41) is 3.64. The van der Waals surface area contributed by atoms with Gasteiger partial charge in [0.25, 0.3) is 0 Å². The molecule has 2 aromatic carbocycles. The number of unbranched alkanes of at least 4 members (excludes halogenated alkanes) is 2. The highest BCUT2D eigenvalue weighted by Gasteiger charge is 2.51. The standard InChI is InChI=1S/C22H24N2O2/c1-2-3-6-10-23-21-22(16-7-4-5-8-18(16)24-21)14-26-20-13-19-15(9-11-25-19)12-17(20)22/h4-5,7-8,12-13H,2-3,6,9-11,14H2,1H3,(H,23,24). The van der Waals surface area contributed by atoms with E-state index in [-0.39, 0.29) is 5.41 Å². The SMILES string of the molecule is CCCCCNC1=Nc2ccccc2C12COc1cc3c(cc12)CCO3. The van der Waals surface area contributed by atoms with Crippen molar-refractivity contribution in [2.75, 3.05) is 19.8 Å². The number of rotatable bonds is 4. The van der Waals surface area contributed by atoms with Gasteiger partial charge in [0.2, 0.25) is 0 Å². The Bertz CT molecular complexity index is 890. The van der Waals surface area contributed by atoms with E-state index in [1.807, 2.05) is 0 Å². The lowest BCUT2D eigenvalue weighted by Gasteiger charge is -2.27. The third-order valence-corrected chi connectivity index (χ3v) is 5.77. The lowest BCUT2D eigenvalue weighted by molar-refractivity contribution is 0.320. The Morgan fingerprint density at radius 3 is 2.92 bits per heavy atom. The normalized spacial score (nSPS) is 21.7. The average Bonchev–Trinajstić information content (AvgIpc) is 3.35. The molecule has 0 aliphatic carbocycles. The number of hydrogen-bond donors (Lipinski definition) is 1. The topological polar surface area (TPSA) is 42.9 Å². The maximum Gasteiger partial charge on any atom is 0.127 e. The van der Waals surface area contributed by atoms with Crippen molar-refractivity contribution >= 4 is 11.5 Å². The first-order valence-electron chi connectivity index (χ1n) is 9.68. The number of hydrogen-bond acceptors (Lipinski definition) is 4. The molecule has 4 heteroatoms. The lowest BCUT2D eigenvalue weighted by atomic mass is 9.75. The summed E-state index contributed by atoms with van der Waals surface area (Å²) < 4.78 is 11.9. The molecule has 0 aromatic heterocycles. The molecule has 0 amide bonds. The van der Waals surface area contributed by atoms with Gasteiger partial charge < -0.3 is 14.8 Å². The fourth-order valence-electron chi connectivity index (χ4n) is 4.39. The van der Waals surface area contributed by atoms with Gasteiger partial charge in [-0.25, -0.2) is 4.99 Å². The minimum Gasteiger partial charge on any atom is -0.493 e. The molecule has 1 atom stereocenters. The van der Waals surface area contributed by atoms with E-state index in [9.17, 15) is 0 Å². The van der Waals surface area contributed by atoms with E-state index in [1.165, 1.54) is 29.5 Å². The first kappa shape index (κ1) is 15.7. The fourth-order valence-corrected chi connectivity index (χ4v) is 4.39. The molecular weight excluding hydrogens is 324 g/mol. The minimum absolute atomic E-state index is 0.310. The van der Waals surface area contributed by atoms with Crippen LogP contribution in [0.3, 0.4) is 0 Å². The molecule has 3 aliphatic heterocycles. The molecule has 0 radical (unpaired) electrons. The molecule has 1 spiro atoms. The fraction of sp³-hybridized carbons (Fsp3) is 0.409. The predicted molar refractivity (Wildman–Crippen MR) is 103 cm³/mol. The highest BCUT2D eigenvalue weighted by atomic mass is 16.5. The zero-order valence-electron chi connectivity index (χ0n) is 15.2. The smallest absolute Gasteiger partial charge is 0.127 e. The largest absolute Gasteiger partial charge is 0.493 e. The highest BCUT2D eigenvalue weighted by Crippen LogP contribution is 2.52. The third-order valence-electron chi connectivity index (χ3n) is 5.77. The summed E-state index contributed by atoms with van der Waals surface area (Å²) in [6.07, 6.45) is 4.58. The van der Waals surface area contributed by atoms with Crippen LogP contribution >= 0.6 is 0 Å². The van der Waals surface area contributed by atoms with Gasteiger partial charge in [-0.15, -0.1) is 0 Å². The van der Waals surface area contributed by atoms with E-state index in [1.54, 1.807) is 0 Å². The average molecular weight is 348 g/mol. The number of benzene rings is 2. The summed E-state index contributed by atoms with van der Waals surface area (Å²) in [5.74, 6) is 2.94. The summed E-state index contributed by atoms with van der Waals surface area (Å²) >= 11 is 0. The Kier molecular flexibility index (Phi) is 3.66. The molecule has 0 saturated carbocycles. The summed E-state index contributed by atoms with van der Waals surface area (Å²) in [4.78, 5) is 4.97. The maximum atomic E-state index is 6.18. The van der Waals surface area contributed by atoms with E-state index in [0.717, 1.165) is 49.0 Å². The Morgan fingerprint density at radius 2 is 2.00 bits per heavy atom. The maximum absolute atomic E-state index is 6.18. The molecule has 3 heterocycles. The Balaban J connectivity index is 1.59. The summed E-state index contributed by atoms with van der Waals surface area (Å²) in [5.41, 5.74) is 4.50. The molecule has 1 N–H and O–H groups in total. The molecule has 1 unspecified atom stereocenters. The van der Waals surface area contributed by atoms with Crippen LogP contribution in [0.5, 0.6) is 11.5 Å². The van der Waals surface area contributed by atoms with Crippen LogP contribution < -0.4 is 14.8 Å². The van der Waals surface area contributed by atoms with Crippen LogP contribution in [0.4, 0.5) is 5.69 Å². The van der Waals surface area contributed by atoms with Crippen molar-refractivity contribution in [2.45, 2.75) is 38.0 Å². The zero-order valence-corrected chi connectivity index (χ0v) is 15.2. The van der Waals surface area contributed by atoms with Gasteiger partial charge in [-0.05, 0) is 29.7 Å². The van der Waals surface area contributed by atoms with Crippen LogP contribution in [0.1, 0.15) is 42.9 Å². The molecule has 5 rings (SSSR count). The Hall–Kier alpha value is -2.49. The van der Waals surface area contributed by atoms with E-state index < -0.39 is 0 Å². The number of amidine groups is 1. The third kappa shape index (κ3) is 2.17. The number of nitrogens with one attached hydrogen (secondary N) is 1. The van der Waals surface area contributed by atoms with Crippen molar-refractivity contribution in [3.8, 4) is 11.5 Å². The van der Waals surface area contributed by atoms with E-state index in [4.69, 9.17) is 14.5 Å². The number of fused-ring (bicyclic) bond motifs is 5. The van der Waals surface area contributed by atoms with Crippen molar-refractivity contribution < 1.29 is 9.47 Å². The van der Waals surface area contributed by atoms with Gasteiger partial charge >= 0.3 is 0 Å². The number of aliphatic imine (C=N–C) groups is 1. The molecule has 2 aromatic rings. The van der Waals surface area contributed by atoms with Crippen LogP contribution in [0.15, 0.2) is 41.4 Å². The summed E-state index contributed by atoms with van der Waals surface area (Å²) in [7, 11) is 0. The quantitative estimate of drug-likeness (QED) is 0.845. The van der Waals surface area contributed by atoms with E-state index >= 15 is 0 Å². The number of para-hydroxylation sites is 1. The summed E-state index contributed by atoms with van der Waals surface area (Å²) in [6, 6.07) is 12.8. The molecule has 0 bridgehead atoms. The molecule has 0 fully saturated rings. The van der Waals surface area contributed by atoms with Gasteiger partial charge in [-0.2, -0.15) is 0 Å². The van der Waals surface area contributed by atoms with Crippen molar-refractivity contribution in [3.63, 3.8) is 0 Å². The monoisotopic (exact) mass is 348 g/mol. The predicted octanol–water partition coefficient (Wildman–Crippen LogP) is 4.12. The molecule has 0 saturated heterocycles. The summed E-state index contributed by atoms with van der Waals surface area (Å²) in [6.45, 7) is 4.54. The van der Waals surface area contributed by atoms with Gasteiger partial charge in [-0.1, -0.05) is 38.0 Å². The molecule has 4 nitrogen and oxygen atoms in total. The first-order chi connectivity index (χ1) is 12.8. The second-order valence-corrected chi connectivity index (χ2v) is 7.36. The van der Waals surface area contributed by atoms with Gasteiger partial charge in [-0.3, -0.25) is 0 Å². The van der Waals surface area contributed by atoms with Crippen LogP contribution in [0.2, 0.25) is 0 Å². The molecule has 134 valence electrons. The van der Waals surface area contributed by atoms with Gasteiger partial charge in [0.05, 0.1) is 12.3 Å². The zero-order chi connectivity index (χ0) is 17.6. The van der Waals surface area contributed by atoms with Crippen molar-refractivity contribution in [1.82, 2.24) is 5.32 Å². The Labute approximate surface area is 154 Å². The lowest BCUT2D eigenvalue weighted by Crippen LogP contribution is -2.44. The second kappa shape index (κ2) is 6.04. The molecule has 3 aliphatic rings. The van der Waals surface area contributed by atoms with Gasteiger partial charge in [0, 0.05) is 24.6 Å². The first-order valence-corrected chi connectivity index (χ1v) is 9.68. The number of nitrogens with zero attached hydrogens (tertiary/aromatic N) is 1. The van der Waals surface area contributed by atoms with Crippen molar-refractivity contribution in [2.24, 2.45) is 4.99 Å². The van der Waals surface area contributed by atoms with E-state index in [0.29, 0.717) is 6.61 Å². The van der Waals surface area contributed by atoms with Gasteiger partial charge in [0.1, 0.15) is 29.4 Å². The Morgan fingerprint density at radius 1 is 1.08 bits per heavy atom.